The van der Waals surface area contributed by atoms with Gasteiger partial charge in [-0.25, -0.2) is 18.9 Å². The van der Waals surface area contributed by atoms with Crippen molar-refractivity contribution >= 4 is 11.5 Å². The van der Waals surface area contributed by atoms with E-state index in [0.29, 0.717) is 0 Å². The average Bonchev–Trinajstić information content (AvgIpc) is 3.35. The first-order valence-corrected chi connectivity index (χ1v) is 8.94. The topological polar surface area (TPSA) is 59.2 Å². The van der Waals surface area contributed by atoms with E-state index < -0.39 is 0 Å². The highest BCUT2D eigenvalue weighted by atomic mass is 19.1. The second-order valence-corrected chi connectivity index (χ2v) is 6.63. The van der Waals surface area contributed by atoms with Gasteiger partial charge in [0.25, 0.3) is 0 Å². The van der Waals surface area contributed by atoms with Crippen LogP contribution in [0.15, 0.2) is 61.1 Å². The molecule has 5 rings (SSSR count). The van der Waals surface area contributed by atoms with E-state index in [9.17, 15) is 4.39 Å². The second-order valence-electron chi connectivity index (χ2n) is 6.63. The number of halogens is 1. The van der Waals surface area contributed by atoms with Crippen molar-refractivity contribution in [2.45, 2.75) is 18.9 Å². The highest BCUT2D eigenvalue weighted by molar-refractivity contribution is 5.66. The van der Waals surface area contributed by atoms with Gasteiger partial charge < -0.3 is 4.90 Å². The summed E-state index contributed by atoms with van der Waals surface area (Å²) in [5, 5.41) is 8.75. The van der Waals surface area contributed by atoms with E-state index in [1.165, 1.54) is 12.1 Å². The van der Waals surface area contributed by atoms with Gasteiger partial charge in [-0.05, 0) is 42.7 Å². The Morgan fingerprint density at radius 2 is 1.89 bits per heavy atom. The second kappa shape index (κ2) is 6.42. The predicted octanol–water partition coefficient (Wildman–Crippen LogP) is 3.67. The summed E-state index contributed by atoms with van der Waals surface area (Å²) in [5.41, 5.74) is 3.58. The van der Waals surface area contributed by atoms with Crippen molar-refractivity contribution in [3.8, 4) is 11.1 Å². The number of hydrogen-bond donors (Lipinski definition) is 0. The van der Waals surface area contributed by atoms with Crippen LogP contribution in [-0.2, 0) is 0 Å². The average molecular weight is 360 g/mol. The lowest BCUT2D eigenvalue weighted by molar-refractivity contribution is 0.628. The Kier molecular flexibility index (Phi) is 3.78. The summed E-state index contributed by atoms with van der Waals surface area (Å²) in [6.07, 6.45) is 7.44. The van der Waals surface area contributed by atoms with Crippen LogP contribution in [-0.4, -0.2) is 31.3 Å². The molecular formula is C20H17FN6. The normalized spacial score (nSPS) is 16.9. The molecule has 0 saturated carbocycles. The molecule has 1 aliphatic heterocycles. The lowest BCUT2D eigenvalue weighted by atomic mass is 10.1. The van der Waals surface area contributed by atoms with Crippen molar-refractivity contribution < 1.29 is 4.39 Å². The molecule has 1 atom stereocenters. The Balaban J connectivity index is 1.53. The molecule has 1 saturated heterocycles. The minimum absolute atomic E-state index is 0.102. The highest BCUT2D eigenvalue weighted by Crippen LogP contribution is 2.35. The van der Waals surface area contributed by atoms with Gasteiger partial charge in [-0.2, -0.15) is 0 Å². The molecule has 0 N–H and O–H groups in total. The van der Waals surface area contributed by atoms with Gasteiger partial charge >= 0.3 is 0 Å². The van der Waals surface area contributed by atoms with Gasteiger partial charge in [0, 0.05) is 30.7 Å². The molecule has 0 amide bonds. The number of pyridine rings is 1. The van der Waals surface area contributed by atoms with E-state index in [1.54, 1.807) is 23.0 Å². The van der Waals surface area contributed by atoms with Crippen LogP contribution in [0.3, 0.4) is 0 Å². The summed E-state index contributed by atoms with van der Waals surface area (Å²) in [7, 11) is 0. The summed E-state index contributed by atoms with van der Waals surface area (Å²) < 4.78 is 15.3. The Morgan fingerprint density at radius 1 is 1.00 bits per heavy atom. The van der Waals surface area contributed by atoms with E-state index in [0.717, 1.165) is 47.7 Å². The Labute approximate surface area is 155 Å². The van der Waals surface area contributed by atoms with Crippen molar-refractivity contribution in [2.24, 2.45) is 0 Å². The summed E-state index contributed by atoms with van der Waals surface area (Å²) in [6, 6.07) is 12.4. The third kappa shape index (κ3) is 2.81. The van der Waals surface area contributed by atoms with Gasteiger partial charge in [-0.15, -0.1) is 5.10 Å². The zero-order valence-electron chi connectivity index (χ0n) is 14.5. The Morgan fingerprint density at radius 3 is 2.74 bits per heavy atom. The van der Waals surface area contributed by atoms with Gasteiger partial charge in [0.2, 0.25) is 5.95 Å². The molecule has 6 nitrogen and oxygen atoms in total. The lowest BCUT2D eigenvalue weighted by Gasteiger charge is -2.22. The zero-order chi connectivity index (χ0) is 18.2. The first-order valence-electron chi connectivity index (χ1n) is 8.94. The van der Waals surface area contributed by atoms with Gasteiger partial charge in [0.05, 0.1) is 11.6 Å². The number of fused-ring (bicyclic) bond motifs is 1. The maximum Gasteiger partial charge on any atom is 0.225 e. The fourth-order valence-electron chi connectivity index (χ4n) is 3.72. The van der Waals surface area contributed by atoms with Gasteiger partial charge in [-0.3, -0.25) is 0 Å². The summed E-state index contributed by atoms with van der Waals surface area (Å²) in [5.74, 6) is 0.467. The van der Waals surface area contributed by atoms with Crippen molar-refractivity contribution in [1.29, 1.82) is 0 Å². The van der Waals surface area contributed by atoms with Crippen molar-refractivity contribution in [1.82, 2.24) is 24.8 Å². The molecule has 4 aromatic rings. The van der Waals surface area contributed by atoms with Crippen LogP contribution in [0.5, 0.6) is 0 Å². The Bertz CT molecular complexity index is 1090. The molecule has 27 heavy (non-hydrogen) atoms. The first-order chi connectivity index (χ1) is 13.3. The molecule has 134 valence electrons. The third-order valence-electron chi connectivity index (χ3n) is 4.98. The molecular weight excluding hydrogens is 343 g/mol. The molecule has 7 heteroatoms. The van der Waals surface area contributed by atoms with E-state index >= 15 is 0 Å². The minimum Gasteiger partial charge on any atom is -0.332 e. The maximum absolute atomic E-state index is 13.5. The van der Waals surface area contributed by atoms with E-state index in [-0.39, 0.29) is 11.9 Å². The third-order valence-corrected chi connectivity index (χ3v) is 4.98. The maximum atomic E-state index is 13.5. The molecule has 0 bridgehead atoms. The van der Waals surface area contributed by atoms with Crippen LogP contribution in [0.25, 0.3) is 16.6 Å². The molecule has 0 spiro atoms. The lowest BCUT2D eigenvalue weighted by Crippen LogP contribution is -2.24. The monoisotopic (exact) mass is 360 g/mol. The fourth-order valence-corrected chi connectivity index (χ4v) is 3.72. The standard InChI is InChI=1S/C20H17FN6/c21-16-5-1-4-14(12-16)15-7-8-18-19(24-25-27(18)13-15)17-6-2-11-26(17)20-22-9-3-10-23-20/h1,3-5,7-10,12-13,17H,2,6,11H2. The number of nitrogens with zero attached hydrogens (tertiary/aromatic N) is 6. The van der Waals surface area contributed by atoms with Crippen molar-refractivity contribution in [3.63, 3.8) is 0 Å². The molecule has 3 aromatic heterocycles. The van der Waals surface area contributed by atoms with Gasteiger partial charge in [0.15, 0.2) is 0 Å². The fraction of sp³-hybridized carbons (Fsp3) is 0.200. The number of hydrogen-bond acceptors (Lipinski definition) is 5. The summed E-state index contributed by atoms with van der Waals surface area (Å²) >= 11 is 0. The molecule has 4 heterocycles. The molecule has 0 aliphatic carbocycles. The quantitative estimate of drug-likeness (QED) is 0.558. The van der Waals surface area contributed by atoms with Gasteiger partial charge in [0.1, 0.15) is 11.5 Å². The summed E-state index contributed by atoms with van der Waals surface area (Å²) in [6.45, 7) is 0.898. The molecule has 1 aliphatic rings. The van der Waals surface area contributed by atoms with Crippen LogP contribution in [0.4, 0.5) is 10.3 Å². The van der Waals surface area contributed by atoms with E-state index in [1.807, 2.05) is 30.5 Å². The first kappa shape index (κ1) is 15.9. The molecule has 0 radical (unpaired) electrons. The number of anilines is 1. The minimum atomic E-state index is -0.253. The zero-order valence-corrected chi connectivity index (χ0v) is 14.5. The largest absolute Gasteiger partial charge is 0.332 e. The number of aromatic nitrogens is 5. The molecule has 1 fully saturated rings. The van der Waals surface area contributed by atoms with Crippen LogP contribution < -0.4 is 4.90 Å². The Hall–Kier alpha value is -3.35. The van der Waals surface area contributed by atoms with Crippen LogP contribution in [0.1, 0.15) is 24.6 Å². The molecule has 1 aromatic carbocycles. The molecule has 1 unspecified atom stereocenters. The van der Waals surface area contributed by atoms with E-state index in [2.05, 4.69) is 25.2 Å². The summed E-state index contributed by atoms with van der Waals surface area (Å²) in [4.78, 5) is 11.0. The predicted molar refractivity (Wildman–Crippen MR) is 99.7 cm³/mol. The number of rotatable bonds is 3. The van der Waals surface area contributed by atoms with Crippen molar-refractivity contribution in [2.75, 3.05) is 11.4 Å². The van der Waals surface area contributed by atoms with E-state index in [4.69, 9.17) is 0 Å². The van der Waals surface area contributed by atoms with Gasteiger partial charge in [-0.1, -0.05) is 23.4 Å². The smallest absolute Gasteiger partial charge is 0.225 e. The van der Waals surface area contributed by atoms with Crippen LogP contribution in [0, 0.1) is 5.82 Å². The van der Waals surface area contributed by atoms with Crippen LogP contribution in [0.2, 0.25) is 0 Å². The number of benzene rings is 1. The van der Waals surface area contributed by atoms with Crippen molar-refractivity contribution in [3.05, 3.63) is 72.6 Å². The van der Waals surface area contributed by atoms with Crippen LogP contribution >= 0.6 is 0 Å². The SMILES string of the molecule is Fc1cccc(-c2ccc3c(C4CCCN4c4ncccn4)nnn3c2)c1. The highest BCUT2D eigenvalue weighted by Gasteiger charge is 2.31.